The maximum absolute atomic E-state index is 12.5. The average Bonchev–Trinajstić information content (AvgIpc) is 2.76. The molecule has 0 amide bonds. The van der Waals surface area contributed by atoms with Crippen LogP contribution in [-0.2, 0) is 6.18 Å². The summed E-state index contributed by atoms with van der Waals surface area (Å²) in [4.78, 5) is 11.6. The molecule has 0 saturated carbocycles. The van der Waals surface area contributed by atoms with Crippen LogP contribution in [0.15, 0.2) is 12.5 Å². The number of anilines is 1. The fourth-order valence-electron chi connectivity index (χ4n) is 1.69. The normalized spacial score (nSPS) is 12.1. The van der Waals surface area contributed by atoms with Crippen LogP contribution >= 0.6 is 11.3 Å². The van der Waals surface area contributed by atoms with Crippen LogP contribution in [0.5, 0.6) is 0 Å². The molecular weight excluding hydrogens is 277 g/mol. The third-order valence-electron chi connectivity index (χ3n) is 2.47. The Kier molecular flexibility index (Phi) is 3.44. The maximum atomic E-state index is 12.5. The van der Waals surface area contributed by atoms with Crippen molar-refractivity contribution in [3.8, 4) is 10.6 Å². The van der Waals surface area contributed by atoms with Gasteiger partial charge in [-0.15, -0.1) is 11.3 Å². The second-order valence-corrected chi connectivity index (χ2v) is 5.23. The number of alkyl halides is 3. The predicted molar refractivity (Wildman–Crippen MR) is 66.6 cm³/mol. The quantitative estimate of drug-likeness (QED) is 0.920. The van der Waals surface area contributed by atoms with Gasteiger partial charge < -0.3 is 5.73 Å². The van der Waals surface area contributed by atoms with Gasteiger partial charge in [0.15, 0.2) is 5.01 Å². The monoisotopic (exact) mass is 288 g/mol. The number of hydrogen-bond acceptors (Lipinski definition) is 5. The van der Waals surface area contributed by atoms with Crippen LogP contribution in [0, 0.1) is 0 Å². The zero-order valence-corrected chi connectivity index (χ0v) is 11.0. The number of rotatable bonds is 2. The summed E-state index contributed by atoms with van der Waals surface area (Å²) >= 11 is 0.551. The van der Waals surface area contributed by atoms with Crippen molar-refractivity contribution in [3.05, 3.63) is 23.1 Å². The number of nitrogen functional groups attached to an aromatic ring is 1. The molecule has 0 fully saturated rings. The number of nitrogens with two attached hydrogens (primary N) is 1. The first kappa shape index (κ1) is 13.7. The second-order valence-electron chi connectivity index (χ2n) is 4.20. The molecule has 0 atom stereocenters. The third kappa shape index (κ3) is 2.67. The zero-order chi connectivity index (χ0) is 14.2. The fourth-order valence-corrected chi connectivity index (χ4v) is 2.48. The Hall–Kier alpha value is -1.70. The molecule has 0 spiro atoms. The van der Waals surface area contributed by atoms with E-state index in [2.05, 4.69) is 15.0 Å². The largest absolute Gasteiger partial charge is 0.443 e. The van der Waals surface area contributed by atoms with Crippen molar-refractivity contribution in [2.24, 2.45) is 0 Å². The Labute approximate surface area is 111 Å². The van der Waals surface area contributed by atoms with Gasteiger partial charge in [-0.3, -0.25) is 0 Å². The molecule has 0 bridgehead atoms. The van der Waals surface area contributed by atoms with Crippen molar-refractivity contribution in [2.45, 2.75) is 25.9 Å². The molecular formula is C11H11F3N4S. The predicted octanol–water partition coefficient (Wildman–Crippen LogP) is 3.32. The minimum absolute atomic E-state index is 0.00707. The van der Waals surface area contributed by atoms with Crippen LogP contribution in [0.3, 0.4) is 0 Å². The minimum Gasteiger partial charge on any atom is -0.383 e. The lowest BCUT2D eigenvalue weighted by atomic mass is 10.0. The van der Waals surface area contributed by atoms with Gasteiger partial charge in [0.25, 0.3) is 0 Å². The number of halogens is 3. The number of hydrogen-bond donors (Lipinski definition) is 1. The maximum Gasteiger partial charge on any atom is 0.443 e. The first-order chi connectivity index (χ1) is 8.80. The van der Waals surface area contributed by atoms with Gasteiger partial charge in [0, 0.05) is 11.8 Å². The SMILES string of the molecule is CC(C)c1c(N)ncnc1-c1cnc(C(F)(F)F)s1. The smallest absolute Gasteiger partial charge is 0.383 e. The molecule has 0 saturated heterocycles. The summed E-state index contributed by atoms with van der Waals surface area (Å²) in [5.41, 5.74) is 6.81. The van der Waals surface area contributed by atoms with Crippen LogP contribution < -0.4 is 5.73 Å². The molecule has 0 aliphatic heterocycles. The Morgan fingerprint density at radius 3 is 2.42 bits per heavy atom. The molecule has 0 aliphatic rings. The molecule has 0 aromatic carbocycles. The van der Waals surface area contributed by atoms with E-state index in [1.165, 1.54) is 12.5 Å². The summed E-state index contributed by atoms with van der Waals surface area (Å²) in [7, 11) is 0. The van der Waals surface area contributed by atoms with Gasteiger partial charge in [0.1, 0.15) is 12.1 Å². The molecule has 0 aliphatic carbocycles. The van der Waals surface area contributed by atoms with Crippen LogP contribution in [-0.4, -0.2) is 15.0 Å². The van der Waals surface area contributed by atoms with Crippen LogP contribution in [0.4, 0.5) is 19.0 Å². The first-order valence-corrected chi connectivity index (χ1v) is 6.26. The Morgan fingerprint density at radius 1 is 1.21 bits per heavy atom. The van der Waals surface area contributed by atoms with Crippen LogP contribution in [0.2, 0.25) is 0 Å². The highest BCUT2D eigenvalue weighted by molar-refractivity contribution is 7.15. The van der Waals surface area contributed by atoms with E-state index in [-0.39, 0.29) is 11.7 Å². The van der Waals surface area contributed by atoms with E-state index in [0.717, 1.165) is 0 Å². The van der Waals surface area contributed by atoms with Crippen molar-refractivity contribution in [1.29, 1.82) is 0 Å². The summed E-state index contributed by atoms with van der Waals surface area (Å²) in [5, 5.41) is -0.894. The molecule has 4 nitrogen and oxygen atoms in total. The first-order valence-electron chi connectivity index (χ1n) is 5.44. The standard InChI is InChI=1S/C11H11F3N4S/c1-5(2)7-8(17-4-18-9(7)15)6-3-16-10(19-6)11(12,13)14/h3-5H,1-2H3,(H2,15,17,18). The minimum atomic E-state index is -4.44. The lowest BCUT2D eigenvalue weighted by molar-refractivity contribution is -0.137. The molecule has 102 valence electrons. The van der Waals surface area contributed by atoms with Gasteiger partial charge in [-0.1, -0.05) is 13.8 Å². The molecule has 8 heteroatoms. The lowest BCUT2D eigenvalue weighted by Gasteiger charge is -2.11. The van der Waals surface area contributed by atoms with Gasteiger partial charge in [-0.2, -0.15) is 13.2 Å². The van der Waals surface area contributed by atoms with Crippen LogP contribution in [0.25, 0.3) is 10.6 Å². The number of thiazole rings is 1. The van der Waals surface area contributed by atoms with Crippen molar-refractivity contribution >= 4 is 17.2 Å². The van der Waals surface area contributed by atoms with E-state index in [1.807, 2.05) is 13.8 Å². The molecule has 2 aromatic rings. The molecule has 2 aromatic heterocycles. The Morgan fingerprint density at radius 2 is 1.89 bits per heavy atom. The lowest BCUT2D eigenvalue weighted by Crippen LogP contribution is -2.03. The van der Waals surface area contributed by atoms with E-state index >= 15 is 0 Å². The number of aromatic nitrogens is 3. The van der Waals surface area contributed by atoms with Gasteiger partial charge in [-0.05, 0) is 5.92 Å². The summed E-state index contributed by atoms with van der Waals surface area (Å²) in [6.07, 6.45) is -2.04. The molecule has 0 unspecified atom stereocenters. The second kappa shape index (κ2) is 4.76. The highest BCUT2D eigenvalue weighted by Gasteiger charge is 2.35. The van der Waals surface area contributed by atoms with Crippen LogP contribution in [0.1, 0.15) is 30.3 Å². The topological polar surface area (TPSA) is 64.7 Å². The van der Waals surface area contributed by atoms with Gasteiger partial charge in [-0.25, -0.2) is 15.0 Å². The van der Waals surface area contributed by atoms with Crippen molar-refractivity contribution in [3.63, 3.8) is 0 Å². The Bertz CT molecular complexity index is 592. The molecule has 2 N–H and O–H groups in total. The summed E-state index contributed by atoms with van der Waals surface area (Å²) in [6, 6.07) is 0. The van der Waals surface area contributed by atoms with E-state index in [1.54, 1.807) is 0 Å². The number of nitrogens with zero attached hydrogens (tertiary/aromatic N) is 3. The zero-order valence-electron chi connectivity index (χ0n) is 10.2. The van der Waals surface area contributed by atoms with Gasteiger partial charge in [0.2, 0.25) is 0 Å². The van der Waals surface area contributed by atoms with E-state index in [4.69, 9.17) is 5.73 Å². The van der Waals surface area contributed by atoms with E-state index in [9.17, 15) is 13.2 Å². The molecule has 0 radical (unpaired) electrons. The molecule has 2 heterocycles. The average molecular weight is 288 g/mol. The summed E-state index contributed by atoms with van der Waals surface area (Å²) in [5.74, 6) is 0.287. The summed E-state index contributed by atoms with van der Waals surface area (Å²) in [6.45, 7) is 3.76. The fraction of sp³-hybridized carbons (Fsp3) is 0.364. The highest BCUT2D eigenvalue weighted by atomic mass is 32.1. The van der Waals surface area contributed by atoms with Gasteiger partial charge >= 0.3 is 6.18 Å². The van der Waals surface area contributed by atoms with E-state index in [0.29, 0.717) is 27.5 Å². The van der Waals surface area contributed by atoms with E-state index < -0.39 is 11.2 Å². The molecule has 19 heavy (non-hydrogen) atoms. The third-order valence-corrected chi connectivity index (χ3v) is 3.52. The Balaban J connectivity index is 2.54. The highest BCUT2D eigenvalue weighted by Crippen LogP contribution is 2.38. The van der Waals surface area contributed by atoms with Crippen molar-refractivity contribution < 1.29 is 13.2 Å². The summed E-state index contributed by atoms with van der Waals surface area (Å²) < 4.78 is 37.6. The van der Waals surface area contributed by atoms with Gasteiger partial charge in [0.05, 0.1) is 10.6 Å². The van der Waals surface area contributed by atoms with Crippen molar-refractivity contribution in [2.75, 3.05) is 5.73 Å². The molecule has 2 rings (SSSR count). The van der Waals surface area contributed by atoms with Crippen molar-refractivity contribution in [1.82, 2.24) is 15.0 Å².